The number of benzene rings is 6. The van der Waals surface area contributed by atoms with Gasteiger partial charge in [0.2, 0.25) is 0 Å². The molecule has 1 aliphatic heterocycles. The summed E-state index contributed by atoms with van der Waals surface area (Å²) in [5.41, 5.74) is 19.9. The van der Waals surface area contributed by atoms with Crippen LogP contribution in [0.3, 0.4) is 0 Å². The molecule has 0 saturated heterocycles. The summed E-state index contributed by atoms with van der Waals surface area (Å²) in [5, 5.41) is 2.28. The standard InChI is InChI=1S/C57H46N2O2.C2H6/c1-34-17-26-41(27-18-34)58(51-15-7-13-45-43-11-5-9-36(3)54(43)60-56(45)51)49-31-24-38-23-30-47-50(32-25-39-21-22-40(49)33-48(38)53(39)47)59(42-28-19-35(2)20-29-42)52-16-8-14-46-44-12-6-10-37(4)55(44)61-57(46)52;1-2/h5-32,40,44,48,55H,33H2,1-4H3;1-2H3. The van der Waals surface area contributed by atoms with Gasteiger partial charge in [-0.1, -0.05) is 146 Å². The predicted molar refractivity (Wildman–Crippen MR) is 264 cm³/mol. The smallest absolute Gasteiger partial charge is 0.159 e. The Bertz CT molecular complexity index is 3150. The maximum atomic E-state index is 6.95. The van der Waals surface area contributed by atoms with E-state index in [2.05, 4.69) is 207 Å². The number of aryl methyl sites for hydroxylation is 3. The molecular weight excluding hydrogens is 769 g/mol. The van der Waals surface area contributed by atoms with Crippen molar-refractivity contribution in [2.24, 2.45) is 5.92 Å². The highest BCUT2D eigenvalue weighted by Crippen LogP contribution is 2.55. The Labute approximate surface area is 371 Å². The minimum Gasteiger partial charge on any atom is -0.483 e. The van der Waals surface area contributed by atoms with Crippen molar-refractivity contribution < 1.29 is 9.15 Å². The fourth-order valence-electron chi connectivity index (χ4n) is 10.6. The zero-order chi connectivity index (χ0) is 42.9. The lowest BCUT2D eigenvalue weighted by molar-refractivity contribution is 0.256. The van der Waals surface area contributed by atoms with Gasteiger partial charge in [0.05, 0.1) is 17.1 Å². The molecule has 1 aromatic heterocycles. The van der Waals surface area contributed by atoms with E-state index in [1.165, 1.54) is 50.2 Å². The van der Waals surface area contributed by atoms with Crippen LogP contribution in [0.4, 0.5) is 28.4 Å². The first-order valence-electron chi connectivity index (χ1n) is 22.6. The topological polar surface area (TPSA) is 28.9 Å². The number of allylic oxidation sites excluding steroid dienone is 7. The van der Waals surface area contributed by atoms with Gasteiger partial charge in [-0.3, -0.25) is 0 Å². The molecule has 310 valence electrons. The molecule has 4 atom stereocenters. The van der Waals surface area contributed by atoms with Gasteiger partial charge in [-0.25, -0.2) is 0 Å². The van der Waals surface area contributed by atoms with E-state index >= 15 is 0 Å². The van der Waals surface area contributed by atoms with Gasteiger partial charge in [-0.05, 0) is 110 Å². The van der Waals surface area contributed by atoms with Crippen LogP contribution in [0.2, 0.25) is 0 Å². The molecular formula is C59H52N2O2. The molecule has 0 saturated carbocycles. The van der Waals surface area contributed by atoms with Crippen molar-refractivity contribution in [1.82, 2.24) is 0 Å². The van der Waals surface area contributed by atoms with Gasteiger partial charge in [0.15, 0.2) is 5.58 Å². The van der Waals surface area contributed by atoms with Gasteiger partial charge in [-0.2, -0.15) is 0 Å². The number of para-hydroxylation sites is 3. The molecule has 6 aromatic carbocycles. The van der Waals surface area contributed by atoms with E-state index in [0.717, 1.165) is 68.1 Å². The number of ether oxygens (including phenoxy) is 1. The number of hydrogen-bond donors (Lipinski definition) is 0. The van der Waals surface area contributed by atoms with Gasteiger partial charge in [-0.15, -0.1) is 0 Å². The molecule has 4 aliphatic carbocycles. The second kappa shape index (κ2) is 15.4. The molecule has 4 unspecified atom stereocenters. The molecule has 12 rings (SSSR count). The molecule has 0 radical (unpaired) electrons. The van der Waals surface area contributed by atoms with Gasteiger partial charge in [0, 0.05) is 56.7 Å². The first-order valence-corrected chi connectivity index (χ1v) is 22.6. The van der Waals surface area contributed by atoms with Crippen molar-refractivity contribution in [3.05, 3.63) is 214 Å². The average Bonchev–Trinajstić information content (AvgIpc) is 3.77. The van der Waals surface area contributed by atoms with Crippen molar-refractivity contribution >= 4 is 62.5 Å². The fraction of sp³-hybridized carbons (Fsp3) is 0.186. The van der Waals surface area contributed by atoms with Crippen molar-refractivity contribution in [3.8, 4) is 5.75 Å². The minimum atomic E-state index is 0.0104. The van der Waals surface area contributed by atoms with E-state index < -0.39 is 0 Å². The second-order valence-electron chi connectivity index (χ2n) is 17.5. The summed E-state index contributed by atoms with van der Waals surface area (Å²) in [7, 11) is 0. The van der Waals surface area contributed by atoms with Crippen LogP contribution in [0.1, 0.15) is 78.0 Å². The third-order valence-electron chi connectivity index (χ3n) is 13.7. The largest absolute Gasteiger partial charge is 0.483 e. The molecule has 5 aliphatic rings. The number of anilines is 5. The molecule has 4 heteroatoms. The first kappa shape index (κ1) is 38.9. The zero-order valence-electron chi connectivity index (χ0n) is 36.9. The maximum absolute atomic E-state index is 6.95. The number of nitrogens with zero attached hydrogens (tertiary/aromatic N) is 2. The summed E-state index contributed by atoms with van der Waals surface area (Å²) in [4.78, 5) is 4.89. The van der Waals surface area contributed by atoms with Gasteiger partial charge < -0.3 is 19.0 Å². The van der Waals surface area contributed by atoms with Crippen molar-refractivity contribution in [2.75, 3.05) is 9.80 Å². The molecule has 63 heavy (non-hydrogen) atoms. The average molecular weight is 821 g/mol. The van der Waals surface area contributed by atoms with E-state index in [1.54, 1.807) is 0 Å². The van der Waals surface area contributed by atoms with Gasteiger partial charge in [0.1, 0.15) is 17.4 Å². The molecule has 7 aromatic rings. The van der Waals surface area contributed by atoms with E-state index in [1.807, 2.05) is 13.8 Å². The lowest BCUT2D eigenvalue weighted by atomic mass is 9.77. The van der Waals surface area contributed by atoms with E-state index in [0.29, 0.717) is 0 Å². The van der Waals surface area contributed by atoms with E-state index in [4.69, 9.17) is 9.15 Å². The van der Waals surface area contributed by atoms with Crippen molar-refractivity contribution in [1.29, 1.82) is 0 Å². The number of fused-ring (bicyclic) bond motifs is 7. The molecule has 0 N–H and O–H groups in total. The Morgan fingerprint density at radius 1 is 0.587 bits per heavy atom. The minimum absolute atomic E-state index is 0.0104. The van der Waals surface area contributed by atoms with Crippen LogP contribution in [0.25, 0.3) is 34.1 Å². The Morgan fingerprint density at radius 3 is 2.06 bits per heavy atom. The summed E-state index contributed by atoms with van der Waals surface area (Å²) in [6.45, 7) is 12.6. The molecule has 0 spiro atoms. The Hall–Kier alpha value is -7.04. The molecule has 4 nitrogen and oxygen atoms in total. The third-order valence-corrected chi connectivity index (χ3v) is 13.7. The first-order chi connectivity index (χ1) is 30.9. The van der Waals surface area contributed by atoms with Gasteiger partial charge >= 0.3 is 0 Å². The van der Waals surface area contributed by atoms with Crippen LogP contribution < -0.4 is 14.5 Å². The quantitative estimate of drug-likeness (QED) is 0.167. The molecule has 0 amide bonds. The van der Waals surface area contributed by atoms with E-state index in [9.17, 15) is 0 Å². The number of hydrogen-bond acceptors (Lipinski definition) is 4. The fourth-order valence-corrected chi connectivity index (χ4v) is 10.6. The molecule has 2 heterocycles. The van der Waals surface area contributed by atoms with Crippen molar-refractivity contribution in [2.45, 2.75) is 65.9 Å². The Kier molecular flexibility index (Phi) is 9.49. The van der Waals surface area contributed by atoms with Crippen LogP contribution >= 0.6 is 0 Å². The second-order valence-corrected chi connectivity index (χ2v) is 17.5. The maximum Gasteiger partial charge on any atom is 0.159 e. The van der Waals surface area contributed by atoms with Crippen LogP contribution in [0.15, 0.2) is 179 Å². The lowest BCUT2D eigenvalue weighted by Gasteiger charge is -2.34. The Morgan fingerprint density at radius 2 is 1.29 bits per heavy atom. The number of rotatable bonds is 6. The SMILES string of the molecule is CC.CC1=CC=CC2c3cccc(N(c4ccc(C)cc4)c4ccc5c6c4C=CC4=CC=C(N(c7ccc(C)cc7)c7cccc8c7oc7c(C)cccc78)C(C=C5)CC46)c3OC12. The zero-order valence-corrected chi connectivity index (χ0v) is 36.9. The summed E-state index contributed by atoms with van der Waals surface area (Å²) in [6, 6.07) is 42.2. The lowest BCUT2D eigenvalue weighted by Crippen LogP contribution is -2.23. The van der Waals surface area contributed by atoms with Crippen LogP contribution in [0, 0.1) is 26.7 Å². The van der Waals surface area contributed by atoms with Crippen LogP contribution in [-0.2, 0) is 0 Å². The molecule has 2 bridgehead atoms. The summed E-state index contributed by atoms with van der Waals surface area (Å²) >= 11 is 0. The summed E-state index contributed by atoms with van der Waals surface area (Å²) < 4.78 is 13.8. The number of furan rings is 1. The van der Waals surface area contributed by atoms with Crippen LogP contribution in [-0.4, -0.2) is 6.10 Å². The normalized spacial score (nSPS) is 19.7. The predicted octanol–water partition coefficient (Wildman–Crippen LogP) is 16.2. The van der Waals surface area contributed by atoms with Gasteiger partial charge in [0.25, 0.3) is 0 Å². The molecule has 0 fully saturated rings. The Balaban J connectivity index is 0.00000219. The highest BCUT2D eigenvalue weighted by atomic mass is 16.5. The van der Waals surface area contributed by atoms with E-state index in [-0.39, 0.29) is 23.9 Å². The van der Waals surface area contributed by atoms with Crippen molar-refractivity contribution in [3.63, 3.8) is 0 Å². The summed E-state index contributed by atoms with van der Waals surface area (Å²) in [6.07, 6.45) is 21.9. The summed E-state index contributed by atoms with van der Waals surface area (Å²) in [5.74, 6) is 1.50. The third kappa shape index (κ3) is 6.26. The highest BCUT2D eigenvalue weighted by molar-refractivity contribution is 6.10. The van der Waals surface area contributed by atoms with Crippen LogP contribution in [0.5, 0.6) is 5.75 Å². The monoisotopic (exact) mass is 820 g/mol. The highest BCUT2D eigenvalue weighted by Gasteiger charge is 2.39.